The van der Waals surface area contributed by atoms with Gasteiger partial charge in [0.2, 0.25) is 0 Å². The number of nitrogens with one attached hydrogen (secondary N) is 1. The van der Waals surface area contributed by atoms with Gasteiger partial charge in [-0.1, -0.05) is 37.3 Å². The van der Waals surface area contributed by atoms with Gasteiger partial charge in [0.05, 0.1) is 12.1 Å². The zero-order chi connectivity index (χ0) is 14.5. The Morgan fingerprint density at radius 2 is 1.90 bits per heavy atom. The number of benzene rings is 1. The molecule has 2 aromatic rings. The largest absolute Gasteiger partial charge is 0.308 e. The van der Waals surface area contributed by atoms with Crippen molar-refractivity contribution in [1.82, 2.24) is 20.1 Å². The molecule has 0 radical (unpaired) electrons. The molecule has 0 fully saturated rings. The molecule has 1 N–H and O–H groups in total. The second kappa shape index (κ2) is 6.66. The van der Waals surface area contributed by atoms with Gasteiger partial charge in [0.1, 0.15) is 11.6 Å². The number of aromatic nitrogens is 3. The molecule has 0 spiro atoms. The first-order valence-corrected chi connectivity index (χ1v) is 7.31. The molecule has 4 nitrogen and oxygen atoms in total. The molecule has 0 aliphatic rings. The summed E-state index contributed by atoms with van der Waals surface area (Å²) in [7, 11) is 0. The molecule has 1 aromatic carbocycles. The Morgan fingerprint density at radius 1 is 1.20 bits per heavy atom. The van der Waals surface area contributed by atoms with Crippen LogP contribution in [0.2, 0.25) is 0 Å². The minimum atomic E-state index is 0.227. The van der Waals surface area contributed by atoms with Crippen molar-refractivity contribution >= 4 is 0 Å². The molecule has 0 bridgehead atoms. The third-order valence-corrected chi connectivity index (χ3v) is 3.55. The maximum absolute atomic E-state index is 4.53. The highest BCUT2D eigenvalue weighted by atomic mass is 15.4. The molecule has 108 valence electrons. The maximum atomic E-state index is 4.53. The lowest BCUT2D eigenvalue weighted by molar-refractivity contribution is 0.347. The Labute approximate surface area is 121 Å². The lowest BCUT2D eigenvalue weighted by Crippen LogP contribution is -2.30. The lowest BCUT2D eigenvalue weighted by atomic mass is 10.0. The SMILES string of the molecule is CCCNC(c1ccccc1)C(C)n1nc(C)nc1C. The fraction of sp³-hybridized carbons (Fsp3) is 0.500. The van der Waals surface area contributed by atoms with Crippen LogP contribution in [0.15, 0.2) is 30.3 Å². The van der Waals surface area contributed by atoms with E-state index in [4.69, 9.17) is 0 Å². The smallest absolute Gasteiger partial charge is 0.147 e. The molecule has 0 saturated carbocycles. The highest BCUT2D eigenvalue weighted by Gasteiger charge is 2.22. The van der Waals surface area contributed by atoms with E-state index in [1.165, 1.54) is 5.56 Å². The standard InChI is InChI=1S/C16H24N4/c1-5-11-17-16(15-9-7-6-8-10-15)12(2)20-14(4)18-13(3)19-20/h6-10,12,16-17H,5,11H2,1-4H3. The Hall–Kier alpha value is -1.68. The van der Waals surface area contributed by atoms with E-state index in [1.807, 2.05) is 18.5 Å². The van der Waals surface area contributed by atoms with Crippen LogP contribution in [-0.4, -0.2) is 21.3 Å². The minimum Gasteiger partial charge on any atom is -0.308 e. The van der Waals surface area contributed by atoms with Crippen molar-refractivity contribution in [3.63, 3.8) is 0 Å². The van der Waals surface area contributed by atoms with E-state index in [0.29, 0.717) is 0 Å². The summed E-state index contributed by atoms with van der Waals surface area (Å²) >= 11 is 0. The van der Waals surface area contributed by atoms with E-state index < -0.39 is 0 Å². The van der Waals surface area contributed by atoms with E-state index in [0.717, 1.165) is 24.6 Å². The Morgan fingerprint density at radius 3 is 2.45 bits per heavy atom. The van der Waals surface area contributed by atoms with Crippen molar-refractivity contribution in [2.75, 3.05) is 6.54 Å². The van der Waals surface area contributed by atoms with E-state index in [9.17, 15) is 0 Å². The van der Waals surface area contributed by atoms with Gasteiger partial charge in [0.15, 0.2) is 0 Å². The second-order valence-corrected chi connectivity index (χ2v) is 5.23. The number of hydrogen-bond donors (Lipinski definition) is 1. The van der Waals surface area contributed by atoms with Gasteiger partial charge in [-0.25, -0.2) is 9.67 Å². The second-order valence-electron chi connectivity index (χ2n) is 5.23. The number of rotatable bonds is 6. The summed E-state index contributed by atoms with van der Waals surface area (Å²) in [6.07, 6.45) is 1.12. The van der Waals surface area contributed by atoms with Gasteiger partial charge in [-0.15, -0.1) is 0 Å². The molecule has 20 heavy (non-hydrogen) atoms. The van der Waals surface area contributed by atoms with E-state index >= 15 is 0 Å². The van der Waals surface area contributed by atoms with E-state index in [-0.39, 0.29) is 12.1 Å². The van der Waals surface area contributed by atoms with Gasteiger partial charge in [0.25, 0.3) is 0 Å². The fourth-order valence-corrected chi connectivity index (χ4v) is 2.59. The molecule has 0 aliphatic carbocycles. The Bertz CT molecular complexity index is 533. The summed E-state index contributed by atoms with van der Waals surface area (Å²) in [6, 6.07) is 11.0. The van der Waals surface area contributed by atoms with Gasteiger partial charge in [-0.2, -0.15) is 5.10 Å². The summed E-state index contributed by atoms with van der Waals surface area (Å²) in [4.78, 5) is 4.41. The van der Waals surface area contributed by atoms with Crippen LogP contribution >= 0.6 is 0 Å². The van der Waals surface area contributed by atoms with Crippen LogP contribution in [0.3, 0.4) is 0 Å². The zero-order valence-corrected chi connectivity index (χ0v) is 12.8. The predicted molar refractivity (Wildman–Crippen MR) is 81.7 cm³/mol. The third kappa shape index (κ3) is 3.25. The summed E-state index contributed by atoms with van der Waals surface area (Å²) in [5.41, 5.74) is 1.29. The summed E-state index contributed by atoms with van der Waals surface area (Å²) < 4.78 is 2.02. The molecule has 4 heteroatoms. The quantitative estimate of drug-likeness (QED) is 0.878. The van der Waals surface area contributed by atoms with Crippen LogP contribution < -0.4 is 5.32 Å². The molecule has 1 aromatic heterocycles. The van der Waals surface area contributed by atoms with E-state index in [1.54, 1.807) is 0 Å². The van der Waals surface area contributed by atoms with Crippen molar-refractivity contribution in [3.8, 4) is 0 Å². The monoisotopic (exact) mass is 272 g/mol. The van der Waals surface area contributed by atoms with Crippen LogP contribution in [0.5, 0.6) is 0 Å². The zero-order valence-electron chi connectivity index (χ0n) is 12.8. The predicted octanol–water partition coefficient (Wildman–Crippen LogP) is 3.20. The molecule has 2 unspecified atom stereocenters. The van der Waals surface area contributed by atoms with Crippen LogP contribution in [-0.2, 0) is 0 Å². The first-order valence-electron chi connectivity index (χ1n) is 7.31. The Balaban J connectivity index is 2.28. The molecule has 0 amide bonds. The lowest BCUT2D eigenvalue weighted by Gasteiger charge is -2.26. The minimum absolute atomic E-state index is 0.227. The van der Waals surface area contributed by atoms with Gasteiger partial charge in [-0.05, 0) is 39.3 Å². The van der Waals surface area contributed by atoms with Gasteiger partial charge in [0, 0.05) is 0 Å². The normalized spacial score (nSPS) is 14.2. The average molecular weight is 272 g/mol. The van der Waals surface area contributed by atoms with Crippen LogP contribution in [0.4, 0.5) is 0 Å². The number of nitrogens with zero attached hydrogens (tertiary/aromatic N) is 3. The van der Waals surface area contributed by atoms with Crippen LogP contribution in [0.1, 0.15) is 49.6 Å². The highest BCUT2D eigenvalue weighted by Crippen LogP contribution is 2.26. The summed E-state index contributed by atoms with van der Waals surface area (Å²) in [5.74, 6) is 1.80. The third-order valence-electron chi connectivity index (χ3n) is 3.55. The van der Waals surface area contributed by atoms with Gasteiger partial charge < -0.3 is 5.32 Å². The topological polar surface area (TPSA) is 42.7 Å². The van der Waals surface area contributed by atoms with Crippen LogP contribution in [0.25, 0.3) is 0 Å². The summed E-state index contributed by atoms with van der Waals surface area (Å²) in [5, 5.41) is 8.16. The summed E-state index contributed by atoms with van der Waals surface area (Å²) in [6.45, 7) is 9.33. The molecule has 1 heterocycles. The van der Waals surface area contributed by atoms with Crippen molar-refractivity contribution < 1.29 is 0 Å². The van der Waals surface area contributed by atoms with Crippen molar-refractivity contribution in [2.45, 2.75) is 46.2 Å². The molecule has 2 atom stereocenters. The maximum Gasteiger partial charge on any atom is 0.147 e. The molecular weight excluding hydrogens is 248 g/mol. The Kier molecular flexibility index (Phi) is 4.90. The van der Waals surface area contributed by atoms with Crippen molar-refractivity contribution in [1.29, 1.82) is 0 Å². The van der Waals surface area contributed by atoms with Gasteiger partial charge in [-0.3, -0.25) is 0 Å². The van der Waals surface area contributed by atoms with Crippen molar-refractivity contribution in [2.24, 2.45) is 0 Å². The molecular formula is C16H24N4. The first kappa shape index (κ1) is 14.7. The van der Waals surface area contributed by atoms with Crippen molar-refractivity contribution in [3.05, 3.63) is 47.5 Å². The number of aryl methyl sites for hydroxylation is 2. The fourth-order valence-electron chi connectivity index (χ4n) is 2.59. The molecule has 0 saturated heterocycles. The van der Waals surface area contributed by atoms with Gasteiger partial charge >= 0.3 is 0 Å². The highest BCUT2D eigenvalue weighted by molar-refractivity contribution is 5.20. The van der Waals surface area contributed by atoms with Crippen LogP contribution in [0, 0.1) is 13.8 Å². The molecule has 2 rings (SSSR count). The first-order chi connectivity index (χ1) is 9.63. The molecule has 0 aliphatic heterocycles. The number of hydrogen-bond acceptors (Lipinski definition) is 3. The average Bonchev–Trinajstić information content (AvgIpc) is 2.79. The van der Waals surface area contributed by atoms with E-state index in [2.05, 4.69) is 59.6 Å².